The number of carboxylic acid groups (broad SMARTS) is 2. The molecule has 4 atom stereocenters. The number of amides is 5. The van der Waals surface area contributed by atoms with E-state index in [-0.39, 0.29) is 19.3 Å². The van der Waals surface area contributed by atoms with E-state index in [0.717, 1.165) is 10.9 Å². The van der Waals surface area contributed by atoms with Gasteiger partial charge >= 0.3 is 11.9 Å². The number of nitrogens with one attached hydrogen (secondary N) is 4. The van der Waals surface area contributed by atoms with Crippen LogP contribution in [0.1, 0.15) is 31.2 Å². The molecule has 0 saturated carbocycles. The molecule has 0 radical (unpaired) electrons. The molecular formula is C24H31N7O9. The van der Waals surface area contributed by atoms with Crippen molar-refractivity contribution in [3.05, 3.63) is 36.0 Å². The molecule has 0 aliphatic heterocycles. The number of fused-ring (bicyclic) bond motifs is 1. The Hall–Kier alpha value is -4.99. The lowest BCUT2D eigenvalue weighted by Gasteiger charge is -2.24. The minimum Gasteiger partial charge on any atom is -0.481 e. The average Bonchev–Trinajstić information content (AvgIpc) is 3.28. The molecule has 0 aliphatic carbocycles. The van der Waals surface area contributed by atoms with Crippen LogP contribution in [-0.2, 0) is 40.0 Å². The highest BCUT2D eigenvalue weighted by molar-refractivity contribution is 5.97. The number of carbonyl (C=O) groups excluding carboxylic acids is 5. The van der Waals surface area contributed by atoms with Gasteiger partial charge in [0.25, 0.3) is 0 Å². The largest absolute Gasteiger partial charge is 0.481 e. The summed E-state index contributed by atoms with van der Waals surface area (Å²) in [4.78, 5) is 86.9. The minimum absolute atomic E-state index is 0.164. The number of H-pyrrole nitrogens is 1. The van der Waals surface area contributed by atoms with E-state index >= 15 is 0 Å². The summed E-state index contributed by atoms with van der Waals surface area (Å²) in [5, 5.41) is 26.2. The molecule has 0 spiro atoms. The van der Waals surface area contributed by atoms with Crippen LogP contribution in [-0.4, -0.2) is 80.8 Å². The average molecular weight is 562 g/mol. The Morgan fingerprint density at radius 3 is 1.95 bits per heavy atom. The normalized spacial score (nSPS) is 13.8. The summed E-state index contributed by atoms with van der Waals surface area (Å²) in [5.41, 5.74) is 17.1. The standard InChI is InChI=1S/C24H31N7O9/c25-13(5-6-18(26)32)21(36)29-15(8-19(27)33)22(37)30-16(9-20(34)35)23(38)31-17(24(39)40)7-11-10-28-14-4-2-1-3-12(11)14/h1-4,10,13,15-17,28H,5-9,25H2,(H2,26,32)(H2,27,33)(H,29,36)(H,30,37)(H,31,38)(H,34,35)(H,39,40). The van der Waals surface area contributed by atoms with E-state index in [1.807, 2.05) is 0 Å². The Morgan fingerprint density at radius 2 is 1.38 bits per heavy atom. The van der Waals surface area contributed by atoms with E-state index < -0.39 is 78.5 Å². The van der Waals surface area contributed by atoms with E-state index in [4.69, 9.17) is 17.2 Å². The van der Waals surface area contributed by atoms with Crippen molar-refractivity contribution >= 4 is 52.4 Å². The number of aromatic amines is 1. The van der Waals surface area contributed by atoms with Crippen molar-refractivity contribution in [1.29, 1.82) is 0 Å². The lowest BCUT2D eigenvalue weighted by molar-refractivity contribution is -0.144. The Labute approximate surface area is 227 Å². The number of nitrogens with two attached hydrogens (primary N) is 3. The highest BCUT2D eigenvalue weighted by Gasteiger charge is 2.32. The molecule has 0 bridgehead atoms. The molecule has 12 N–H and O–H groups in total. The second-order valence-corrected chi connectivity index (χ2v) is 8.97. The van der Waals surface area contributed by atoms with E-state index in [1.54, 1.807) is 30.5 Å². The molecule has 0 aliphatic rings. The lowest BCUT2D eigenvalue weighted by Crippen LogP contribution is -2.58. The molecular weight excluding hydrogens is 530 g/mol. The van der Waals surface area contributed by atoms with Gasteiger partial charge in [0.1, 0.15) is 18.1 Å². The highest BCUT2D eigenvalue weighted by atomic mass is 16.4. The Balaban J connectivity index is 2.17. The van der Waals surface area contributed by atoms with Crippen LogP contribution in [0.4, 0.5) is 0 Å². The number of hydrogen-bond acceptors (Lipinski definition) is 8. The third-order valence-corrected chi connectivity index (χ3v) is 5.80. The van der Waals surface area contributed by atoms with Gasteiger partial charge in [-0.2, -0.15) is 0 Å². The number of carbonyl (C=O) groups is 7. The molecule has 16 heteroatoms. The van der Waals surface area contributed by atoms with Gasteiger partial charge in [-0.1, -0.05) is 18.2 Å². The van der Waals surface area contributed by atoms with E-state index in [2.05, 4.69) is 20.9 Å². The fourth-order valence-electron chi connectivity index (χ4n) is 3.77. The molecule has 2 rings (SSSR count). The van der Waals surface area contributed by atoms with Crippen molar-refractivity contribution in [3.63, 3.8) is 0 Å². The second kappa shape index (κ2) is 14.2. The Morgan fingerprint density at radius 1 is 0.800 bits per heavy atom. The number of primary amides is 2. The van der Waals surface area contributed by atoms with Crippen molar-refractivity contribution in [2.75, 3.05) is 0 Å². The molecule has 0 saturated heterocycles. The van der Waals surface area contributed by atoms with Gasteiger partial charge in [0, 0.05) is 29.9 Å². The van der Waals surface area contributed by atoms with E-state index in [1.165, 1.54) is 0 Å². The van der Waals surface area contributed by atoms with Gasteiger partial charge in [0.05, 0.1) is 18.9 Å². The predicted octanol–water partition coefficient (Wildman–Crippen LogP) is -2.81. The first-order valence-electron chi connectivity index (χ1n) is 12.0. The van der Waals surface area contributed by atoms with Crippen molar-refractivity contribution in [3.8, 4) is 0 Å². The van der Waals surface area contributed by atoms with Crippen LogP contribution in [0.3, 0.4) is 0 Å². The zero-order chi connectivity index (χ0) is 30.0. The molecule has 1 aromatic carbocycles. The van der Waals surface area contributed by atoms with E-state index in [9.17, 15) is 43.8 Å². The number of carboxylic acids is 2. The predicted molar refractivity (Wildman–Crippen MR) is 138 cm³/mol. The van der Waals surface area contributed by atoms with Gasteiger partial charge in [0.15, 0.2) is 0 Å². The lowest BCUT2D eigenvalue weighted by atomic mass is 10.0. The maximum atomic E-state index is 12.9. The monoisotopic (exact) mass is 561 g/mol. The Bertz CT molecular complexity index is 1290. The summed E-state index contributed by atoms with van der Waals surface area (Å²) in [5.74, 6) is -7.89. The molecule has 2 aromatic rings. The van der Waals surface area contributed by atoms with Gasteiger partial charge in [-0.25, -0.2) is 4.79 Å². The summed E-state index contributed by atoms with van der Waals surface area (Å²) in [7, 11) is 0. The number of hydrogen-bond donors (Lipinski definition) is 9. The van der Waals surface area contributed by atoms with Crippen LogP contribution in [0.15, 0.2) is 30.5 Å². The minimum atomic E-state index is -1.79. The van der Waals surface area contributed by atoms with Gasteiger partial charge in [-0.15, -0.1) is 0 Å². The number of aliphatic carboxylic acids is 2. The highest BCUT2D eigenvalue weighted by Crippen LogP contribution is 2.19. The number of benzene rings is 1. The van der Waals surface area contributed by atoms with Crippen LogP contribution in [0, 0.1) is 0 Å². The summed E-state index contributed by atoms with van der Waals surface area (Å²) >= 11 is 0. The third-order valence-electron chi connectivity index (χ3n) is 5.80. The molecule has 0 fully saturated rings. The molecule has 16 nitrogen and oxygen atoms in total. The summed E-state index contributed by atoms with van der Waals surface area (Å²) in [6, 6.07) is 0.832. The SMILES string of the molecule is NC(=O)CCC(N)C(=O)NC(CC(N)=O)C(=O)NC(CC(=O)O)C(=O)NC(Cc1c[nH]c2ccccc12)C(=O)O. The van der Waals surface area contributed by atoms with Crippen molar-refractivity contribution < 1.29 is 43.8 Å². The van der Waals surface area contributed by atoms with Crippen LogP contribution in [0.2, 0.25) is 0 Å². The summed E-state index contributed by atoms with van der Waals surface area (Å²) < 4.78 is 0. The van der Waals surface area contributed by atoms with Crippen molar-refractivity contribution in [1.82, 2.24) is 20.9 Å². The maximum absolute atomic E-state index is 12.9. The maximum Gasteiger partial charge on any atom is 0.326 e. The van der Waals surface area contributed by atoms with Crippen LogP contribution in [0.5, 0.6) is 0 Å². The zero-order valence-electron chi connectivity index (χ0n) is 21.2. The summed E-state index contributed by atoms with van der Waals surface area (Å²) in [6.07, 6.45) is -0.669. The van der Waals surface area contributed by atoms with Gasteiger partial charge in [-0.05, 0) is 18.1 Å². The first-order valence-corrected chi connectivity index (χ1v) is 12.0. The molecule has 5 amide bonds. The molecule has 1 aromatic heterocycles. The third kappa shape index (κ3) is 9.39. The molecule has 216 valence electrons. The Kier molecular flexibility index (Phi) is 11.1. The van der Waals surface area contributed by atoms with Gasteiger partial charge in [-0.3, -0.25) is 28.8 Å². The van der Waals surface area contributed by atoms with Gasteiger partial charge in [0.2, 0.25) is 29.5 Å². The van der Waals surface area contributed by atoms with Crippen LogP contribution < -0.4 is 33.2 Å². The fourth-order valence-corrected chi connectivity index (χ4v) is 3.77. The van der Waals surface area contributed by atoms with E-state index in [0.29, 0.717) is 5.56 Å². The number of rotatable bonds is 16. The number of para-hydroxylation sites is 1. The molecule has 4 unspecified atom stereocenters. The quantitative estimate of drug-likeness (QED) is 0.101. The fraction of sp³-hybridized carbons (Fsp3) is 0.375. The second-order valence-electron chi connectivity index (χ2n) is 8.97. The van der Waals surface area contributed by atoms with Crippen LogP contribution in [0.25, 0.3) is 10.9 Å². The van der Waals surface area contributed by atoms with Gasteiger partial charge < -0.3 is 48.3 Å². The van der Waals surface area contributed by atoms with Crippen molar-refractivity contribution in [2.45, 2.75) is 56.3 Å². The van der Waals surface area contributed by atoms with Crippen molar-refractivity contribution in [2.24, 2.45) is 17.2 Å². The zero-order valence-corrected chi connectivity index (χ0v) is 21.2. The smallest absolute Gasteiger partial charge is 0.326 e. The first kappa shape index (κ1) is 31.2. The molecule has 1 heterocycles. The first-order chi connectivity index (χ1) is 18.8. The number of aromatic nitrogens is 1. The summed E-state index contributed by atoms with van der Waals surface area (Å²) in [6.45, 7) is 0. The van der Waals surface area contributed by atoms with Crippen LogP contribution >= 0.6 is 0 Å². The molecule has 40 heavy (non-hydrogen) atoms. The topological polar surface area (TPSA) is 290 Å².